The van der Waals surface area contributed by atoms with Crippen molar-refractivity contribution in [2.45, 2.75) is 19.8 Å². The summed E-state index contributed by atoms with van der Waals surface area (Å²) in [6.07, 6.45) is 2.60. The van der Waals surface area contributed by atoms with Crippen LogP contribution in [0.15, 0.2) is 12.1 Å². The topological polar surface area (TPSA) is 47.3 Å². The minimum absolute atomic E-state index is 0.325. The normalized spacial score (nSPS) is 16.6. The molecule has 94 valence electrons. The van der Waals surface area contributed by atoms with Gasteiger partial charge in [0.1, 0.15) is 11.6 Å². The van der Waals surface area contributed by atoms with E-state index in [1.807, 2.05) is 0 Å². The average molecular weight is 238 g/mol. The number of methoxy groups -OCH3 is 1. The first kappa shape index (κ1) is 12.0. The fourth-order valence-electron chi connectivity index (χ4n) is 1.98. The van der Waals surface area contributed by atoms with Gasteiger partial charge in [-0.1, -0.05) is 6.92 Å². The number of hydrogen-bond donors (Lipinski definition) is 2. The van der Waals surface area contributed by atoms with E-state index in [1.165, 1.54) is 26.0 Å². The number of benzene rings is 1. The summed E-state index contributed by atoms with van der Waals surface area (Å²) in [4.78, 5) is 0. The number of nitrogens with two attached hydrogens (primary N) is 1. The van der Waals surface area contributed by atoms with E-state index in [1.54, 1.807) is 6.07 Å². The van der Waals surface area contributed by atoms with E-state index in [0.717, 1.165) is 12.5 Å². The zero-order valence-corrected chi connectivity index (χ0v) is 10.3. The van der Waals surface area contributed by atoms with Crippen molar-refractivity contribution in [3.05, 3.63) is 17.9 Å². The lowest BCUT2D eigenvalue weighted by molar-refractivity contribution is 0.416. The van der Waals surface area contributed by atoms with Gasteiger partial charge >= 0.3 is 0 Å². The number of halogens is 1. The Labute approximate surface area is 101 Å². The van der Waals surface area contributed by atoms with Crippen molar-refractivity contribution in [1.82, 2.24) is 0 Å². The summed E-state index contributed by atoms with van der Waals surface area (Å²) in [5.74, 6) is 1.57. The molecule has 1 aliphatic carbocycles. The van der Waals surface area contributed by atoms with Gasteiger partial charge in [0.05, 0.1) is 18.5 Å². The quantitative estimate of drug-likeness (QED) is 0.775. The third-order valence-corrected chi connectivity index (χ3v) is 3.36. The van der Waals surface area contributed by atoms with E-state index in [0.29, 0.717) is 23.0 Å². The second kappa shape index (κ2) is 4.82. The highest BCUT2D eigenvalue weighted by Crippen LogP contribution is 2.37. The fourth-order valence-corrected chi connectivity index (χ4v) is 1.98. The lowest BCUT2D eigenvalue weighted by Crippen LogP contribution is -2.14. The Morgan fingerprint density at radius 2 is 2.24 bits per heavy atom. The molecule has 2 rings (SSSR count). The summed E-state index contributed by atoms with van der Waals surface area (Å²) in [7, 11) is 1.53. The van der Waals surface area contributed by atoms with Gasteiger partial charge in [0.2, 0.25) is 0 Å². The molecule has 0 aliphatic heterocycles. The molecule has 0 radical (unpaired) electrons. The zero-order chi connectivity index (χ0) is 12.4. The lowest BCUT2D eigenvalue weighted by Gasteiger charge is -2.14. The predicted octanol–water partition coefficient (Wildman–Crippen LogP) is 2.87. The third-order valence-electron chi connectivity index (χ3n) is 3.36. The first-order valence-corrected chi connectivity index (χ1v) is 5.98. The van der Waals surface area contributed by atoms with Crippen molar-refractivity contribution in [3.63, 3.8) is 0 Å². The smallest absolute Gasteiger partial charge is 0.148 e. The summed E-state index contributed by atoms with van der Waals surface area (Å²) in [6.45, 7) is 2.98. The summed E-state index contributed by atoms with van der Waals surface area (Å²) < 4.78 is 18.7. The van der Waals surface area contributed by atoms with Crippen LogP contribution in [-0.2, 0) is 0 Å². The van der Waals surface area contributed by atoms with Crippen molar-refractivity contribution in [3.8, 4) is 5.75 Å². The van der Waals surface area contributed by atoms with E-state index >= 15 is 0 Å². The molecule has 0 aromatic heterocycles. The van der Waals surface area contributed by atoms with Crippen molar-refractivity contribution < 1.29 is 9.13 Å². The highest BCUT2D eigenvalue weighted by Gasteiger charge is 2.27. The average Bonchev–Trinajstić information content (AvgIpc) is 3.11. The molecule has 1 fully saturated rings. The highest BCUT2D eigenvalue weighted by molar-refractivity contribution is 5.62. The van der Waals surface area contributed by atoms with Crippen LogP contribution in [0, 0.1) is 17.7 Å². The number of nitrogens with one attached hydrogen (secondary N) is 1. The SMILES string of the molecule is COc1cc(NCC(C)C2CC2)c(F)cc1N. The number of ether oxygens (including phenoxy) is 1. The van der Waals surface area contributed by atoms with E-state index in [9.17, 15) is 4.39 Å². The summed E-state index contributed by atoms with van der Waals surface area (Å²) in [6, 6.07) is 2.91. The van der Waals surface area contributed by atoms with Crippen LogP contribution in [-0.4, -0.2) is 13.7 Å². The van der Waals surface area contributed by atoms with Gasteiger partial charge in [-0.3, -0.25) is 0 Å². The molecule has 1 saturated carbocycles. The van der Waals surface area contributed by atoms with Crippen LogP contribution in [0.3, 0.4) is 0 Å². The summed E-state index contributed by atoms with van der Waals surface area (Å²) >= 11 is 0. The van der Waals surface area contributed by atoms with E-state index < -0.39 is 0 Å². The molecule has 1 aliphatic rings. The number of nitrogen functional groups attached to an aromatic ring is 1. The minimum atomic E-state index is -0.328. The second-order valence-corrected chi connectivity index (χ2v) is 4.77. The molecule has 0 spiro atoms. The molecular weight excluding hydrogens is 219 g/mol. The number of hydrogen-bond acceptors (Lipinski definition) is 3. The standard InChI is InChI=1S/C13H19FN2O/c1-8(9-3-4-9)7-16-12-6-13(17-2)11(15)5-10(12)14/h5-6,8-9,16H,3-4,7,15H2,1-2H3. The Balaban J connectivity index is 2.03. The molecule has 0 saturated heterocycles. The van der Waals surface area contributed by atoms with Crippen molar-refractivity contribution in [2.24, 2.45) is 11.8 Å². The molecule has 1 aromatic rings. The maximum absolute atomic E-state index is 13.6. The Bertz CT molecular complexity index is 405. The maximum atomic E-state index is 13.6. The Morgan fingerprint density at radius 1 is 1.53 bits per heavy atom. The fraction of sp³-hybridized carbons (Fsp3) is 0.538. The van der Waals surface area contributed by atoms with Gasteiger partial charge in [-0.15, -0.1) is 0 Å². The molecule has 17 heavy (non-hydrogen) atoms. The predicted molar refractivity (Wildman–Crippen MR) is 67.7 cm³/mol. The first-order chi connectivity index (χ1) is 8.11. The molecule has 4 heteroatoms. The van der Waals surface area contributed by atoms with Crippen LogP contribution in [0.2, 0.25) is 0 Å². The van der Waals surface area contributed by atoms with Crippen LogP contribution in [0.25, 0.3) is 0 Å². The monoisotopic (exact) mass is 238 g/mol. The Morgan fingerprint density at radius 3 is 2.82 bits per heavy atom. The zero-order valence-electron chi connectivity index (χ0n) is 10.3. The summed E-state index contributed by atoms with van der Waals surface area (Å²) in [5, 5.41) is 3.13. The van der Waals surface area contributed by atoms with Gasteiger partial charge in [-0.2, -0.15) is 0 Å². The van der Waals surface area contributed by atoms with E-state index in [2.05, 4.69) is 12.2 Å². The summed E-state index contributed by atoms with van der Waals surface area (Å²) in [5.41, 5.74) is 6.41. The van der Waals surface area contributed by atoms with Gasteiger partial charge < -0.3 is 15.8 Å². The van der Waals surface area contributed by atoms with Crippen LogP contribution >= 0.6 is 0 Å². The van der Waals surface area contributed by atoms with Crippen molar-refractivity contribution in [1.29, 1.82) is 0 Å². The van der Waals surface area contributed by atoms with Gasteiger partial charge in [-0.25, -0.2) is 4.39 Å². The van der Waals surface area contributed by atoms with Gasteiger partial charge in [-0.05, 0) is 24.7 Å². The molecule has 1 atom stereocenters. The van der Waals surface area contributed by atoms with Crippen LogP contribution in [0.5, 0.6) is 5.75 Å². The molecule has 0 amide bonds. The molecule has 1 aromatic carbocycles. The molecule has 3 N–H and O–H groups in total. The van der Waals surface area contributed by atoms with E-state index in [4.69, 9.17) is 10.5 Å². The Kier molecular flexibility index (Phi) is 3.41. The molecular formula is C13H19FN2O. The van der Waals surface area contributed by atoms with Gasteiger partial charge in [0.25, 0.3) is 0 Å². The van der Waals surface area contributed by atoms with Gasteiger partial charge in [0, 0.05) is 18.7 Å². The largest absolute Gasteiger partial charge is 0.495 e. The minimum Gasteiger partial charge on any atom is -0.495 e. The number of anilines is 2. The van der Waals surface area contributed by atoms with Crippen LogP contribution in [0.1, 0.15) is 19.8 Å². The Hall–Kier alpha value is -1.45. The number of rotatable bonds is 5. The molecule has 0 heterocycles. The lowest BCUT2D eigenvalue weighted by atomic mass is 10.1. The highest BCUT2D eigenvalue weighted by atomic mass is 19.1. The molecule has 0 bridgehead atoms. The molecule has 3 nitrogen and oxygen atoms in total. The van der Waals surface area contributed by atoms with E-state index in [-0.39, 0.29) is 5.82 Å². The van der Waals surface area contributed by atoms with Crippen LogP contribution < -0.4 is 15.8 Å². The van der Waals surface area contributed by atoms with Crippen LogP contribution in [0.4, 0.5) is 15.8 Å². The first-order valence-electron chi connectivity index (χ1n) is 5.98. The maximum Gasteiger partial charge on any atom is 0.148 e. The third kappa shape index (κ3) is 2.81. The second-order valence-electron chi connectivity index (χ2n) is 4.77. The van der Waals surface area contributed by atoms with Gasteiger partial charge in [0.15, 0.2) is 0 Å². The van der Waals surface area contributed by atoms with Crippen molar-refractivity contribution >= 4 is 11.4 Å². The molecule has 1 unspecified atom stereocenters. The van der Waals surface area contributed by atoms with Crippen molar-refractivity contribution in [2.75, 3.05) is 24.7 Å².